The van der Waals surface area contributed by atoms with Gasteiger partial charge >= 0.3 is 0 Å². The zero-order valence-corrected chi connectivity index (χ0v) is 14.3. The van der Waals surface area contributed by atoms with Gasteiger partial charge in [0.1, 0.15) is 4.90 Å². The molecule has 2 rings (SSSR count). The van der Waals surface area contributed by atoms with Gasteiger partial charge in [-0.2, -0.15) is 0 Å². The number of benzene rings is 2. The van der Waals surface area contributed by atoms with E-state index < -0.39 is 20.0 Å². The molecule has 3 N–H and O–H groups in total. The highest BCUT2D eigenvalue weighted by atomic mass is 35.5. The van der Waals surface area contributed by atoms with Crippen molar-refractivity contribution in [3.8, 4) is 0 Å². The van der Waals surface area contributed by atoms with Crippen molar-refractivity contribution in [3.63, 3.8) is 0 Å². The van der Waals surface area contributed by atoms with Crippen molar-refractivity contribution < 1.29 is 16.8 Å². The van der Waals surface area contributed by atoms with Crippen LogP contribution in [0.1, 0.15) is 5.56 Å². The lowest BCUT2D eigenvalue weighted by atomic mass is 10.2. The zero-order valence-electron chi connectivity index (χ0n) is 11.9. The van der Waals surface area contributed by atoms with Crippen molar-refractivity contribution in [2.45, 2.75) is 16.2 Å². The maximum absolute atomic E-state index is 12.1. The van der Waals surface area contributed by atoms with Crippen LogP contribution in [-0.4, -0.2) is 23.4 Å². The second kappa shape index (κ2) is 6.98. The fourth-order valence-corrected chi connectivity index (χ4v) is 3.98. The normalized spacial score (nSPS) is 12.3. The van der Waals surface area contributed by atoms with Crippen molar-refractivity contribution in [1.29, 1.82) is 0 Å². The molecule has 9 heteroatoms. The molecule has 23 heavy (non-hydrogen) atoms. The number of halogens is 1. The van der Waals surface area contributed by atoms with Gasteiger partial charge in [-0.05, 0) is 36.2 Å². The van der Waals surface area contributed by atoms with Crippen molar-refractivity contribution in [3.05, 3.63) is 59.1 Å². The van der Waals surface area contributed by atoms with Gasteiger partial charge in [0, 0.05) is 6.54 Å². The number of hydrogen-bond acceptors (Lipinski definition) is 4. The first kappa shape index (κ1) is 17.9. The first-order valence-corrected chi connectivity index (χ1v) is 9.97. The van der Waals surface area contributed by atoms with Crippen LogP contribution in [0.5, 0.6) is 0 Å². The quantitative estimate of drug-likeness (QED) is 0.799. The minimum Gasteiger partial charge on any atom is -0.225 e. The Balaban J connectivity index is 2.01. The minimum atomic E-state index is -3.73. The molecule has 0 aliphatic rings. The van der Waals surface area contributed by atoms with Gasteiger partial charge in [0.25, 0.3) is 0 Å². The summed E-state index contributed by atoms with van der Waals surface area (Å²) in [6.07, 6.45) is 0.397. The Morgan fingerprint density at radius 1 is 0.957 bits per heavy atom. The van der Waals surface area contributed by atoms with Gasteiger partial charge in [-0.1, -0.05) is 35.9 Å². The van der Waals surface area contributed by atoms with E-state index in [1.165, 1.54) is 24.3 Å². The highest BCUT2D eigenvalue weighted by Gasteiger charge is 2.16. The number of sulfonamides is 2. The molecule has 0 saturated heterocycles. The maximum atomic E-state index is 12.1. The Kier molecular flexibility index (Phi) is 5.43. The summed E-state index contributed by atoms with van der Waals surface area (Å²) in [7, 11) is -7.42. The molecule has 2 aromatic rings. The predicted molar refractivity (Wildman–Crippen MR) is 88.2 cm³/mol. The summed E-state index contributed by atoms with van der Waals surface area (Å²) in [6.45, 7) is 0.155. The standard InChI is InChI=1S/C14H15ClN2O4S2/c15-13-3-1-2-4-14(13)23(20,21)17-10-9-11-5-7-12(8-6-11)22(16,18)19/h1-8,17H,9-10H2,(H2,16,18,19). The summed E-state index contributed by atoms with van der Waals surface area (Å²) in [5.41, 5.74) is 0.777. The molecule has 6 nitrogen and oxygen atoms in total. The molecular weight excluding hydrogens is 360 g/mol. The average molecular weight is 375 g/mol. The largest absolute Gasteiger partial charge is 0.242 e. The maximum Gasteiger partial charge on any atom is 0.242 e. The van der Waals surface area contributed by atoms with Gasteiger partial charge in [-0.25, -0.2) is 26.7 Å². The summed E-state index contributed by atoms with van der Waals surface area (Å²) in [5, 5.41) is 5.16. The Morgan fingerprint density at radius 3 is 2.13 bits per heavy atom. The molecule has 0 aliphatic heterocycles. The fourth-order valence-electron chi connectivity index (χ4n) is 1.92. The number of nitrogens with two attached hydrogens (primary N) is 1. The average Bonchev–Trinajstić information content (AvgIpc) is 2.47. The van der Waals surface area contributed by atoms with E-state index in [0.717, 1.165) is 5.56 Å². The van der Waals surface area contributed by atoms with E-state index >= 15 is 0 Å². The van der Waals surface area contributed by atoms with Gasteiger partial charge in [-0.3, -0.25) is 0 Å². The van der Waals surface area contributed by atoms with Crippen molar-refractivity contribution >= 4 is 31.6 Å². The summed E-state index contributed by atoms with van der Waals surface area (Å²) < 4.78 is 49.0. The molecular formula is C14H15ClN2O4S2. The van der Waals surface area contributed by atoms with E-state index in [-0.39, 0.29) is 21.4 Å². The fraction of sp³-hybridized carbons (Fsp3) is 0.143. The van der Waals surface area contributed by atoms with Gasteiger partial charge < -0.3 is 0 Å². The number of hydrogen-bond donors (Lipinski definition) is 2. The van der Waals surface area contributed by atoms with Crippen LogP contribution in [0, 0.1) is 0 Å². The molecule has 124 valence electrons. The van der Waals surface area contributed by atoms with Gasteiger partial charge in [0.05, 0.1) is 9.92 Å². The van der Waals surface area contributed by atoms with Crippen LogP contribution in [0.15, 0.2) is 58.3 Å². The molecule has 2 aromatic carbocycles. The number of rotatable bonds is 6. The van der Waals surface area contributed by atoms with Crippen LogP contribution in [0.2, 0.25) is 5.02 Å². The third kappa shape index (κ3) is 4.76. The van der Waals surface area contributed by atoms with Crippen LogP contribution in [-0.2, 0) is 26.5 Å². The molecule has 0 saturated carbocycles. The third-order valence-electron chi connectivity index (χ3n) is 3.08. The SMILES string of the molecule is NS(=O)(=O)c1ccc(CCNS(=O)(=O)c2ccccc2Cl)cc1. The smallest absolute Gasteiger partial charge is 0.225 e. The molecule has 0 fully saturated rings. The highest BCUT2D eigenvalue weighted by Crippen LogP contribution is 2.20. The van der Waals surface area contributed by atoms with Crippen LogP contribution < -0.4 is 9.86 Å². The minimum absolute atomic E-state index is 0.0119. The predicted octanol–water partition coefficient (Wildman–Crippen LogP) is 1.51. The molecule has 0 aromatic heterocycles. The highest BCUT2D eigenvalue weighted by molar-refractivity contribution is 7.89. The second-order valence-corrected chi connectivity index (χ2v) is 8.47. The van der Waals surface area contributed by atoms with Crippen LogP contribution in [0.4, 0.5) is 0 Å². The summed E-state index contributed by atoms with van der Waals surface area (Å²) >= 11 is 5.88. The van der Waals surface area contributed by atoms with E-state index in [1.807, 2.05) is 0 Å². The molecule has 0 bridgehead atoms. The lowest BCUT2D eigenvalue weighted by molar-refractivity contribution is 0.581. The zero-order chi connectivity index (χ0) is 17.1. The molecule has 0 unspecified atom stereocenters. The van der Waals surface area contributed by atoms with E-state index in [2.05, 4.69) is 4.72 Å². The van der Waals surface area contributed by atoms with Gasteiger partial charge in [0.15, 0.2) is 0 Å². The first-order chi connectivity index (χ1) is 10.7. The van der Waals surface area contributed by atoms with Crippen molar-refractivity contribution in [2.75, 3.05) is 6.54 Å². The topological polar surface area (TPSA) is 106 Å². The van der Waals surface area contributed by atoms with Crippen LogP contribution >= 0.6 is 11.6 Å². The van der Waals surface area contributed by atoms with Crippen molar-refractivity contribution in [1.82, 2.24) is 4.72 Å². The molecule has 0 heterocycles. The summed E-state index contributed by atoms with van der Waals surface area (Å²) in [5.74, 6) is 0. The second-order valence-electron chi connectivity index (χ2n) is 4.77. The van der Waals surface area contributed by atoms with E-state index in [4.69, 9.17) is 16.7 Å². The Labute approximate surface area is 140 Å². The van der Waals surface area contributed by atoms with Crippen LogP contribution in [0.25, 0.3) is 0 Å². The third-order valence-corrected chi connectivity index (χ3v) is 5.97. The van der Waals surface area contributed by atoms with Crippen LogP contribution in [0.3, 0.4) is 0 Å². The molecule has 0 aliphatic carbocycles. The van der Waals surface area contributed by atoms with E-state index in [0.29, 0.717) is 6.42 Å². The first-order valence-electron chi connectivity index (χ1n) is 6.56. The summed E-state index contributed by atoms with van der Waals surface area (Å²) in [6, 6.07) is 12.1. The monoisotopic (exact) mass is 374 g/mol. The van der Waals surface area contributed by atoms with Gasteiger partial charge in [-0.15, -0.1) is 0 Å². The lowest BCUT2D eigenvalue weighted by Gasteiger charge is -2.08. The molecule has 0 spiro atoms. The number of nitrogens with one attached hydrogen (secondary N) is 1. The van der Waals surface area contributed by atoms with E-state index in [9.17, 15) is 16.8 Å². The Morgan fingerprint density at radius 2 is 1.57 bits per heavy atom. The lowest BCUT2D eigenvalue weighted by Crippen LogP contribution is -2.26. The molecule has 0 atom stereocenters. The molecule has 0 amide bonds. The van der Waals surface area contributed by atoms with Gasteiger partial charge in [0.2, 0.25) is 20.0 Å². The van der Waals surface area contributed by atoms with E-state index in [1.54, 1.807) is 24.3 Å². The Hall–Kier alpha value is -1.45. The Bertz CT molecular complexity index is 895. The molecule has 0 radical (unpaired) electrons. The number of primary sulfonamides is 1. The van der Waals surface area contributed by atoms with Crippen molar-refractivity contribution in [2.24, 2.45) is 5.14 Å². The summed E-state index contributed by atoms with van der Waals surface area (Å²) in [4.78, 5) is 0.0316.